The highest BCUT2D eigenvalue weighted by molar-refractivity contribution is 5.95. The van der Waals surface area contributed by atoms with E-state index in [-0.39, 0.29) is 12.3 Å². The Bertz CT molecular complexity index is 801. The van der Waals surface area contributed by atoms with Crippen molar-refractivity contribution in [2.75, 3.05) is 32.6 Å². The second-order valence-corrected chi connectivity index (χ2v) is 5.44. The summed E-state index contributed by atoms with van der Waals surface area (Å²) in [5.74, 6) is -1.22. The third-order valence-corrected chi connectivity index (χ3v) is 3.32. The molecule has 9 nitrogen and oxygen atoms in total. The van der Waals surface area contributed by atoms with Crippen LogP contribution in [0.3, 0.4) is 0 Å². The zero-order valence-electron chi connectivity index (χ0n) is 14.6. The van der Waals surface area contributed by atoms with Gasteiger partial charge in [0.25, 0.3) is 5.91 Å². The number of amides is 2. The van der Waals surface area contributed by atoms with E-state index in [0.29, 0.717) is 17.1 Å². The SMILES string of the molecule is COc1cccc(NC(=O)CN(C)C(=O)COC(=O)c2cc(C)no2)c1. The molecule has 1 heterocycles. The van der Waals surface area contributed by atoms with E-state index in [9.17, 15) is 14.4 Å². The molecule has 0 bridgehead atoms. The van der Waals surface area contributed by atoms with Crippen LogP contribution in [0, 0.1) is 6.92 Å². The predicted octanol–water partition coefficient (Wildman–Crippen LogP) is 1.25. The summed E-state index contributed by atoms with van der Waals surface area (Å²) < 4.78 is 14.7. The molecule has 9 heteroatoms. The maximum absolute atomic E-state index is 12.0. The fraction of sp³-hybridized carbons (Fsp3) is 0.294. The summed E-state index contributed by atoms with van der Waals surface area (Å²) in [6, 6.07) is 8.23. The van der Waals surface area contributed by atoms with Gasteiger partial charge in [-0.05, 0) is 19.1 Å². The van der Waals surface area contributed by atoms with Crippen molar-refractivity contribution in [1.29, 1.82) is 0 Å². The number of ether oxygens (including phenoxy) is 2. The first kappa shape index (κ1) is 19.0. The molecule has 0 radical (unpaired) electrons. The van der Waals surface area contributed by atoms with Gasteiger partial charge < -0.3 is 24.2 Å². The maximum atomic E-state index is 12.0. The largest absolute Gasteiger partial charge is 0.497 e. The van der Waals surface area contributed by atoms with Crippen molar-refractivity contribution in [3.8, 4) is 5.75 Å². The van der Waals surface area contributed by atoms with E-state index >= 15 is 0 Å². The second-order valence-electron chi connectivity index (χ2n) is 5.44. The highest BCUT2D eigenvalue weighted by Crippen LogP contribution is 2.16. The molecule has 0 aliphatic carbocycles. The normalized spacial score (nSPS) is 10.1. The van der Waals surface area contributed by atoms with Gasteiger partial charge in [-0.3, -0.25) is 9.59 Å². The van der Waals surface area contributed by atoms with E-state index in [0.717, 1.165) is 4.90 Å². The van der Waals surface area contributed by atoms with Crippen LogP contribution in [0.2, 0.25) is 0 Å². The third-order valence-electron chi connectivity index (χ3n) is 3.32. The molecule has 0 spiro atoms. The zero-order valence-corrected chi connectivity index (χ0v) is 14.6. The highest BCUT2D eigenvalue weighted by atomic mass is 16.6. The van der Waals surface area contributed by atoms with Gasteiger partial charge in [0.15, 0.2) is 6.61 Å². The molecule has 26 heavy (non-hydrogen) atoms. The molecule has 2 aromatic rings. The van der Waals surface area contributed by atoms with Crippen molar-refractivity contribution in [2.24, 2.45) is 0 Å². The molecule has 0 fully saturated rings. The first-order chi connectivity index (χ1) is 12.4. The van der Waals surface area contributed by atoms with Crippen LogP contribution in [0.25, 0.3) is 0 Å². The van der Waals surface area contributed by atoms with Gasteiger partial charge in [-0.25, -0.2) is 4.79 Å². The predicted molar refractivity (Wildman–Crippen MR) is 90.8 cm³/mol. The minimum absolute atomic E-state index is 0.0891. The molecule has 0 unspecified atom stereocenters. The molecule has 0 aliphatic rings. The number of nitrogens with one attached hydrogen (secondary N) is 1. The molecule has 2 rings (SSSR count). The number of hydrogen-bond donors (Lipinski definition) is 1. The van der Waals surface area contributed by atoms with Crippen molar-refractivity contribution in [2.45, 2.75) is 6.92 Å². The van der Waals surface area contributed by atoms with Crippen LogP contribution in [-0.2, 0) is 14.3 Å². The summed E-state index contributed by atoms with van der Waals surface area (Å²) in [5, 5.41) is 6.21. The molecule has 1 N–H and O–H groups in total. The number of carbonyl (C=O) groups excluding carboxylic acids is 3. The lowest BCUT2D eigenvalue weighted by atomic mass is 10.3. The van der Waals surface area contributed by atoms with Crippen LogP contribution >= 0.6 is 0 Å². The Morgan fingerprint density at radius 1 is 1.27 bits per heavy atom. The number of carbonyl (C=O) groups is 3. The highest BCUT2D eigenvalue weighted by Gasteiger charge is 2.18. The van der Waals surface area contributed by atoms with E-state index in [1.165, 1.54) is 20.2 Å². The van der Waals surface area contributed by atoms with E-state index < -0.39 is 24.4 Å². The number of methoxy groups -OCH3 is 1. The number of esters is 1. The summed E-state index contributed by atoms with van der Waals surface area (Å²) in [7, 11) is 2.95. The van der Waals surface area contributed by atoms with Crippen LogP contribution < -0.4 is 10.1 Å². The fourth-order valence-corrected chi connectivity index (χ4v) is 1.97. The third kappa shape index (κ3) is 5.33. The minimum Gasteiger partial charge on any atom is -0.497 e. The van der Waals surface area contributed by atoms with Gasteiger partial charge in [-0.1, -0.05) is 11.2 Å². The van der Waals surface area contributed by atoms with Crippen LogP contribution in [0.5, 0.6) is 5.75 Å². The van der Waals surface area contributed by atoms with Crippen LogP contribution in [-0.4, -0.2) is 55.1 Å². The number of nitrogens with zero attached hydrogens (tertiary/aromatic N) is 2. The lowest BCUT2D eigenvalue weighted by Crippen LogP contribution is -2.37. The Morgan fingerprint density at radius 3 is 2.69 bits per heavy atom. The molecule has 1 aromatic heterocycles. The summed E-state index contributed by atoms with van der Waals surface area (Å²) in [4.78, 5) is 36.8. The topological polar surface area (TPSA) is 111 Å². The molecule has 0 atom stereocenters. The zero-order chi connectivity index (χ0) is 19.1. The first-order valence-corrected chi connectivity index (χ1v) is 7.67. The lowest BCUT2D eigenvalue weighted by Gasteiger charge is -2.16. The Morgan fingerprint density at radius 2 is 2.04 bits per heavy atom. The van der Waals surface area contributed by atoms with Crippen molar-refractivity contribution in [1.82, 2.24) is 10.1 Å². The van der Waals surface area contributed by atoms with Gasteiger partial charge in [-0.15, -0.1) is 0 Å². The first-order valence-electron chi connectivity index (χ1n) is 7.67. The molecule has 0 aliphatic heterocycles. The quantitative estimate of drug-likeness (QED) is 0.739. The summed E-state index contributed by atoms with van der Waals surface area (Å²) in [5.41, 5.74) is 1.07. The van der Waals surface area contributed by atoms with Gasteiger partial charge in [0.05, 0.1) is 19.3 Å². The Balaban J connectivity index is 1.80. The number of likely N-dealkylation sites (N-methyl/N-ethyl adjacent to an activating group) is 1. The molecule has 0 saturated carbocycles. The van der Waals surface area contributed by atoms with Crippen molar-refractivity contribution in [3.05, 3.63) is 41.8 Å². The minimum atomic E-state index is -0.798. The monoisotopic (exact) mass is 361 g/mol. The average Bonchev–Trinajstić information content (AvgIpc) is 3.05. The van der Waals surface area contributed by atoms with Crippen molar-refractivity contribution in [3.63, 3.8) is 0 Å². The standard InChI is InChI=1S/C17H19N3O6/c1-11-7-14(26-19-11)17(23)25-10-16(22)20(2)9-15(21)18-12-5-4-6-13(8-12)24-3/h4-8H,9-10H2,1-3H3,(H,18,21). The lowest BCUT2D eigenvalue weighted by molar-refractivity contribution is -0.136. The van der Waals surface area contributed by atoms with E-state index in [2.05, 4.69) is 10.5 Å². The van der Waals surface area contributed by atoms with Gasteiger partial charge in [0, 0.05) is 24.9 Å². The number of rotatable bonds is 7. The molecule has 138 valence electrons. The number of hydrogen-bond acceptors (Lipinski definition) is 7. The Labute approximate surface area is 149 Å². The summed E-state index contributed by atoms with van der Waals surface area (Å²) in [6.45, 7) is 0.941. The molecule has 2 amide bonds. The fourth-order valence-electron chi connectivity index (χ4n) is 1.97. The van der Waals surface area contributed by atoms with Gasteiger partial charge >= 0.3 is 5.97 Å². The average molecular weight is 361 g/mol. The number of aromatic nitrogens is 1. The van der Waals surface area contributed by atoms with E-state index in [1.54, 1.807) is 31.2 Å². The molecular weight excluding hydrogens is 342 g/mol. The summed E-state index contributed by atoms with van der Waals surface area (Å²) in [6.07, 6.45) is 0. The Kier molecular flexibility index (Phi) is 6.31. The number of anilines is 1. The van der Waals surface area contributed by atoms with Crippen LogP contribution in [0.4, 0.5) is 5.69 Å². The maximum Gasteiger partial charge on any atom is 0.377 e. The number of aryl methyl sites for hydroxylation is 1. The van der Waals surface area contributed by atoms with Crippen molar-refractivity contribution < 1.29 is 28.4 Å². The second kappa shape index (κ2) is 8.65. The van der Waals surface area contributed by atoms with Gasteiger partial charge in [0.1, 0.15) is 5.75 Å². The Hall–Kier alpha value is -3.36. The molecule has 1 aromatic carbocycles. The van der Waals surface area contributed by atoms with Crippen LogP contribution in [0.15, 0.2) is 34.9 Å². The van der Waals surface area contributed by atoms with Gasteiger partial charge in [-0.2, -0.15) is 0 Å². The smallest absolute Gasteiger partial charge is 0.377 e. The number of benzene rings is 1. The molecular formula is C17H19N3O6. The van der Waals surface area contributed by atoms with Crippen LogP contribution in [0.1, 0.15) is 16.2 Å². The molecule has 0 saturated heterocycles. The van der Waals surface area contributed by atoms with E-state index in [1.807, 2.05) is 0 Å². The van der Waals surface area contributed by atoms with Crippen molar-refractivity contribution >= 4 is 23.5 Å². The summed E-state index contributed by atoms with van der Waals surface area (Å²) >= 11 is 0. The van der Waals surface area contributed by atoms with E-state index in [4.69, 9.17) is 14.0 Å². The van der Waals surface area contributed by atoms with Gasteiger partial charge in [0.2, 0.25) is 11.7 Å².